The minimum Gasteiger partial charge on any atom is -0.748 e. The average molecular weight is 256 g/mol. The molecule has 0 spiro atoms. The van der Waals surface area contributed by atoms with Gasteiger partial charge in [0.1, 0.15) is 0 Å². The molecule has 0 aromatic carbocycles. The van der Waals surface area contributed by atoms with Gasteiger partial charge in [0.25, 0.3) is 0 Å². The molecule has 0 amide bonds. The van der Waals surface area contributed by atoms with Gasteiger partial charge in [-0.25, -0.2) is 8.42 Å². The molecular formula is C11H21NaO3S. The summed E-state index contributed by atoms with van der Waals surface area (Å²) >= 11 is 0. The van der Waals surface area contributed by atoms with Gasteiger partial charge < -0.3 is 4.55 Å². The molecule has 0 fully saturated rings. The van der Waals surface area contributed by atoms with Gasteiger partial charge in [-0.1, -0.05) is 51.2 Å². The molecule has 0 saturated carbocycles. The zero-order valence-corrected chi connectivity index (χ0v) is 13.3. The molecule has 90 valence electrons. The van der Waals surface area contributed by atoms with Crippen molar-refractivity contribution >= 4 is 10.1 Å². The van der Waals surface area contributed by atoms with Crippen molar-refractivity contribution in [2.24, 2.45) is 0 Å². The van der Waals surface area contributed by atoms with E-state index >= 15 is 0 Å². The fourth-order valence-electron chi connectivity index (χ4n) is 1.35. The Morgan fingerprint density at radius 1 is 1.00 bits per heavy atom. The second kappa shape index (κ2) is 12.1. The summed E-state index contributed by atoms with van der Waals surface area (Å²) in [7, 11) is -4.07. The van der Waals surface area contributed by atoms with E-state index in [1.807, 2.05) is 0 Å². The van der Waals surface area contributed by atoms with E-state index in [2.05, 4.69) is 6.92 Å². The van der Waals surface area contributed by atoms with Crippen LogP contribution in [0.4, 0.5) is 0 Å². The Hall–Kier alpha value is 0.650. The Morgan fingerprint density at radius 2 is 1.56 bits per heavy atom. The van der Waals surface area contributed by atoms with Crippen molar-refractivity contribution in [2.45, 2.75) is 51.9 Å². The largest absolute Gasteiger partial charge is 1.00 e. The summed E-state index contributed by atoms with van der Waals surface area (Å²) in [5.74, 6) is -0.372. The van der Waals surface area contributed by atoms with E-state index in [0.717, 1.165) is 12.8 Å². The first-order chi connectivity index (χ1) is 7.06. The van der Waals surface area contributed by atoms with Crippen LogP contribution in [0.5, 0.6) is 0 Å². The van der Waals surface area contributed by atoms with E-state index in [1.165, 1.54) is 38.2 Å². The van der Waals surface area contributed by atoms with Gasteiger partial charge in [0.2, 0.25) is 0 Å². The smallest absolute Gasteiger partial charge is 0.748 e. The molecule has 0 unspecified atom stereocenters. The topological polar surface area (TPSA) is 57.2 Å². The van der Waals surface area contributed by atoms with Crippen molar-refractivity contribution in [3.8, 4) is 0 Å². The van der Waals surface area contributed by atoms with E-state index in [0.29, 0.717) is 0 Å². The summed E-state index contributed by atoms with van der Waals surface area (Å²) in [5, 5.41) is 0. The summed E-state index contributed by atoms with van der Waals surface area (Å²) in [6.45, 7) is 2.19. The van der Waals surface area contributed by atoms with Crippen LogP contribution in [-0.2, 0) is 10.1 Å². The van der Waals surface area contributed by atoms with Crippen molar-refractivity contribution in [3.63, 3.8) is 0 Å². The van der Waals surface area contributed by atoms with Gasteiger partial charge in [0, 0.05) is 0 Å². The molecule has 0 saturated heterocycles. The first-order valence-electron chi connectivity index (χ1n) is 5.65. The first-order valence-corrected chi connectivity index (χ1v) is 7.22. The minimum absolute atomic E-state index is 0. The van der Waals surface area contributed by atoms with Crippen molar-refractivity contribution in [1.29, 1.82) is 0 Å². The monoisotopic (exact) mass is 256 g/mol. The van der Waals surface area contributed by atoms with E-state index in [-0.39, 0.29) is 35.3 Å². The quantitative estimate of drug-likeness (QED) is 0.249. The summed E-state index contributed by atoms with van der Waals surface area (Å²) in [4.78, 5) is 0. The molecule has 0 heterocycles. The van der Waals surface area contributed by atoms with Crippen LogP contribution in [0.25, 0.3) is 0 Å². The number of allylic oxidation sites excluding steroid dienone is 1. The second-order valence-corrected chi connectivity index (χ2v) is 5.20. The zero-order chi connectivity index (χ0) is 11.6. The van der Waals surface area contributed by atoms with Crippen molar-refractivity contribution < 1.29 is 42.5 Å². The van der Waals surface area contributed by atoms with Crippen molar-refractivity contribution in [3.05, 3.63) is 12.2 Å². The molecule has 0 aromatic rings. The zero-order valence-electron chi connectivity index (χ0n) is 10.4. The summed E-state index contributed by atoms with van der Waals surface area (Å²) < 4.78 is 30.7. The van der Waals surface area contributed by atoms with E-state index in [9.17, 15) is 13.0 Å². The Kier molecular flexibility index (Phi) is 14.4. The molecule has 0 bridgehead atoms. The third kappa shape index (κ3) is 17.1. The van der Waals surface area contributed by atoms with Crippen LogP contribution in [-0.4, -0.2) is 18.7 Å². The number of unbranched alkanes of at least 4 members (excludes halogenated alkanes) is 6. The Labute approximate surface area is 122 Å². The molecule has 0 aliphatic carbocycles. The first kappa shape index (κ1) is 19.0. The van der Waals surface area contributed by atoms with Crippen LogP contribution in [0.2, 0.25) is 0 Å². The molecule has 0 rings (SSSR count). The fourth-order valence-corrected chi connectivity index (χ4v) is 1.72. The maximum atomic E-state index is 10.2. The molecule has 0 aliphatic rings. The van der Waals surface area contributed by atoms with Gasteiger partial charge in [0.05, 0.1) is 15.9 Å². The maximum Gasteiger partial charge on any atom is 1.00 e. The van der Waals surface area contributed by atoms with Gasteiger partial charge >= 0.3 is 29.6 Å². The molecule has 3 nitrogen and oxygen atoms in total. The fraction of sp³-hybridized carbons (Fsp3) is 0.818. The number of hydrogen-bond acceptors (Lipinski definition) is 3. The van der Waals surface area contributed by atoms with Gasteiger partial charge in [-0.05, 0) is 12.8 Å². The van der Waals surface area contributed by atoms with Gasteiger partial charge in [0.15, 0.2) is 0 Å². The minimum atomic E-state index is -4.07. The maximum absolute atomic E-state index is 10.2. The van der Waals surface area contributed by atoms with E-state index < -0.39 is 10.1 Å². The normalized spacial score (nSPS) is 11.6. The van der Waals surface area contributed by atoms with Crippen LogP contribution in [0.15, 0.2) is 12.2 Å². The van der Waals surface area contributed by atoms with Crippen LogP contribution >= 0.6 is 0 Å². The molecular weight excluding hydrogens is 235 g/mol. The summed E-state index contributed by atoms with van der Waals surface area (Å²) in [6, 6.07) is 0. The van der Waals surface area contributed by atoms with E-state index in [4.69, 9.17) is 0 Å². The van der Waals surface area contributed by atoms with E-state index in [1.54, 1.807) is 6.08 Å². The molecule has 0 radical (unpaired) electrons. The Bertz CT molecular complexity index is 260. The van der Waals surface area contributed by atoms with Crippen molar-refractivity contribution in [1.82, 2.24) is 0 Å². The molecule has 16 heavy (non-hydrogen) atoms. The Morgan fingerprint density at radius 3 is 2.12 bits per heavy atom. The summed E-state index contributed by atoms with van der Waals surface area (Å²) in [6.07, 6.45) is 11.5. The van der Waals surface area contributed by atoms with Gasteiger partial charge in [-0.3, -0.25) is 0 Å². The number of hydrogen-bond donors (Lipinski definition) is 0. The molecule has 0 atom stereocenters. The third-order valence-corrected chi connectivity index (χ3v) is 2.79. The van der Waals surface area contributed by atoms with Crippen LogP contribution in [0, 0.1) is 0 Å². The third-order valence-electron chi connectivity index (χ3n) is 2.19. The van der Waals surface area contributed by atoms with Crippen LogP contribution in [0.3, 0.4) is 0 Å². The van der Waals surface area contributed by atoms with Crippen LogP contribution in [0.1, 0.15) is 51.9 Å². The van der Waals surface area contributed by atoms with Gasteiger partial charge in [-0.15, -0.1) is 0 Å². The Balaban J connectivity index is 0. The molecule has 0 aromatic heterocycles. The molecule has 0 aliphatic heterocycles. The van der Waals surface area contributed by atoms with Crippen LogP contribution < -0.4 is 29.6 Å². The van der Waals surface area contributed by atoms with Gasteiger partial charge in [-0.2, -0.15) is 0 Å². The SMILES string of the molecule is CCCCCCCC/C=C/CS(=O)(=O)[O-].[Na+]. The molecule has 5 heteroatoms. The average Bonchev–Trinajstić information content (AvgIpc) is 2.14. The number of rotatable bonds is 9. The van der Waals surface area contributed by atoms with Crippen molar-refractivity contribution in [2.75, 3.05) is 5.75 Å². The summed E-state index contributed by atoms with van der Waals surface area (Å²) in [5.41, 5.74) is 0. The predicted octanol–water partition coefficient (Wildman–Crippen LogP) is -0.158. The second-order valence-electron chi connectivity index (χ2n) is 3.75. The predicted molar refractivity (Wildman–Crippen MR) is 61.7 cm³/mol. The standard InChI is InChI=1S/C11H22O3S.Na/c1-2-3-4-5-6-7-8-9-10-11-15(12,13)14;/h9-10H,2-8,11H2,1H3,(H,12,13,14);/q;+1/p-1/b10-9+;. The molecule has 0 N–H and O–H groups in total.